The molecule has 0 aliphatic carbocycles. The second-order valence-electron chi connectivity index (χ2n) is 3.97. The van der Waals surface area contributed by atoms with Crippen LogP contribution < -0.4 is 10.5 Å². The van der Waals surface area contributed by atoms with E-state index in [1.807, 2.05) is 6.07 Å². The predicted octanol–water partition coefficient (Wildman–Crippen LogP) is 0.750. The molecule has 1 aromatic heterocycles. The van der Waals surface area contributed by atoms with Crippen molar-refractivity contribution in [3.63, 3.8) is 0 Å². The zero-order valence-corrected chi connectivity index (χ0v) is 8.31. The molecule has 0 saturated heterocycles. The Morgan fingerprint density at radius 2 is 2.23 bits per heavy atom. The third-order valence-corrected chi connectivity index (χ3v) is 1.76. The van der Waals surface area contributed by atoms with Crippen molar-refractivity contribution >= 4 is 13.8 Å². The number of H-pyrrole nitrogens is 1. The van der Waals surface area contributed by atoms with Crippen LogP contribution in [0.3, 0.4) is 0 Å². The number of anilines is 1. The average molecular weight is 178 g/mol. The van der Waals surface area contributed by atoms with E-state index in [1.54, 1.807) is 0 Å². The van der Waals surface area contributed by atoms with E-state index in [2.05, 4.69) is 41.5 Å². The molecule has 4 nitrogen and oxygen atoms in total. The van der Waals surface area contributed by atoms with Gasteiger partial charge in [-0.2, -0.15) is 5.10 Å². The van der Waals surface area contributed by atoms with Crippen molar-refractivity contribution in [3.05, 3.63) is 11.8 Å². The summed E-state index contributed by atoms with van der Waals surface area (Å²) in [5, 5.41) is 12.6. The van der Waals surface area contributed by atoms with Crippen LogP contribution in [0.5, 0.6) is 0 Å². The SMILES string of the molecule is [B]NCNc1cc(C(C)(C)C)[nH]n1. The molecule has 0 saturated carbocycles. The lowest BCUT2D eigenvalue weighted by atomic mass is 9.92. The smallest absolute Gasteiger partial charge is 0.180 e. The van der Waals surface area contributed by atoms with Crippen LogP contribution in [0.15, 0.2) is 6.07 Å². The summed E-state index contributed by atoms with van der Waals surface area (Å²) >= 11 is 0. The monoisotopic (exact) mass is 178 g/mol. The Hall–Kier alpha value is -0.965. The zero-order valence-electron chi connectivity index (χ0n) is 8.31. The topological polar surface area (TPSA) is 52.7 Å². The number of aromatic amines is 1. The van der Waals surface area contributed by atoms with E-state index in [0.29, 0.717) is 6.67 Å². The predicted molar refractivity (Wildman–Crippen MR) is 54.7 cm³/mol. The maximum atomic E-state index is 5.12. The number of rotatable bonds is 3. The zero-order chi connectivity index (χ0) is 9.90. The fraction of sp³-hybridized carbons (Fsp3) is 0.625. The van der Waals surface area contributed by atoms with Crippen molar-refractivity contribution < 1.29 is 0 Å². The minimum Gasteiger partial charge on any atom is -0.357 e. The maximum Gasteiger partial charge on any atom is 0.180 e. The summed E-state index contributed by atoms with van der Waals surface area (Å²) in [7, 11) is 5.12. The van der Waals surface area contributed by atoms with Crippen molar-refractivity contribution in [3.8, 4) is 0 Å². The lowest BCUT2D eigenvalue weighted by Gasteiger charge is -2.14. The van der Waals surface area contributed by atoms with E-state index < -0.39 is 0 Å². The van der Waals surface area contributed by atoms with Gasteiger partial charge in [0.15, 0.2) is 7.98 Å². The molecule has 13 heavy (non-hydrogen) atoms. The van der Waals surface area contributed by atoms with E-state index in [9.17, 15) is 0 Å². The Bertz CT molecular complexity index is 263. The first-order chi connectivity index (χ1) is 6.04. The lowest BCUT2D eigenvalue weighted by Crippen LogP contribution is -2.18. The van der Waals surface area contributed by atoms with Gasteiger partial charge in [-0.15, -0.1) is 0 Å². The quantitative estimate of drug-likeness (QED) is 0.472. The van der Waals surface area contributed by atoms with Gasteiger partial charge in [0.2, 0.25) is 0 Å². The number of nitrogens with zero attached hydrogens (tertiary/aromatic N) is 1. The molecule has 1 heterocycles. The highest BCUT2D eigenvalue weighted by Gasteiger charge is 2.16. The van der Waals surface area contributed by atoms with E-state index >= 15 is 0 Å². The highest BCUT2D eigenvalue weighted by molar-refractivity contribution is 6.04. The minimum absolute atomic E-state index is 0.100. The number of nitrogens with one attached hydrogen (secondary N) is 3. The Kier molecular flexibility index (Phi) is 2.98. The molecule has 2 radical (unpaired) electrons. The van der Waals surface area contributed by atoms with Crippen LogP contribution in [-0.4, -0.2) is 24.8 Å². The van der Waals surface area contributed by atoms with Crippen LogP contribution in [0.1, 0.15) is 26.5 Å². The van der Waals surface area contributed by atoms with Gasteiger partial charge < -0.3 is 10.5 Å². The Morgan fingerprint density at radius 1 is 1.54 bits per heavy atom. The van der Waals surface area contributed by atoms with Gasteiger partial charge in [-0.3, -0.25) is 5.10 Å². The van der Waals surface area contributed by atoms with Crippen molar-refractivity contribution in [1.29, 1.82) is 0 Å². The van der Waals surface area contributed by atoms with E-state index in [-0.39, 0.29) is 5.41 Å². The first kappa shape index (κ1) is 10.1. The summed E-state index contributed by atoms with van der Waals surface area (Å²) < 4.78 is 0. The van der Waals surface area contributed by atoms with Gasteiger partial charge >= 0.3 is 0 Å². The summed E-state index contributed by atoms with van der Waals surface area (Å²) in [6, 6.07) is 1.98. The number of hydrogen-bond donors (Lipinski definition) is 3. The molecule has 0 amide bonds. The molecular formula is C8H15BN4. The van der Waals surface area contributed by atoms with Gasteiger partial charge in [-0.05, 0) is 0 Å². The molecule has 0 unspecified atom stereocenters. The van der Waals surface area contributed by atoms with Crippen molar-refractivity contribution in [1.82, 2.24) is 15.4 Å². The van der Waals surface area contributed by atoms with Crippen LogP contribution in [0.25, 0.3) is 0 Å². The first-order valence-electron chi connectivity index (χ1n) is 4.27. The van der Waals surface area contributed by atoms with Crippen LogP contribution >= 0.6 is 0 Å². The van der Waals surface area contributed by atoms with Crippen LogP contribution in [-0.2, 0) is 5.41 Å². The van der Waals surface area contributed by atoms with Gasteiger partial charge in [0.05, 0.1) is 6.67 Å². The van der Waals surface area contributed by atoms with Crippen LogP contribution in [0.4, 0.5) is 5.82 Å². The van der Waals surface area contributed by atoms with Crippen molar-refractivity contribution in [2.75, 3.05) is 12.0 Å². The standard InChI is InChI=1S/C8H15BN4/c1-8(2,3)6-4-7(13-12-6)10-5-11-9/h4,11H,5H2,1-3H3,(H2,10,12,13). The third-order valence-electron chi connectivity index (χ3n) is 1.76. The van der Waals surface area contributed by atoms with Gasteiger partial charge in [0, 0.05) is 17.2 Å². The molecule has 1 aromatic rings. The van der Waals surface area contributed by atoms with Crippen molar-refractivity contribution in [2.24, 2.45) is 0 Å². The van der Waals surface area contributed by atoms with Gasteiger partial charge in [0.25, 0.3) is 0 Å². The van der Waals surface area contributed by atoms with Gasteiger partial charge in [-0.25, -0.2) is 0 Å². The second kappa shape index (κ2) is 3.83. The molecule has 0 fully saturated rings. The normalized spacial score (nSPS) is 11.6. The molecule has 3 N–H and O–H groups in total. The molecule has 0 atom stereocenters. The van der Waals surface area contributed by atoms with E-state index in [1.165, 1.54) is 0 Å². The first-order valence-corrected chi connectivity index (χ1v) is 4.27. The van der Waals surface area contributed by atoms with Crippen LogP contribution in [0.2, 0.25) is 0 Å². The maximum absolute atomic E-state index is 5.12. The summed E-state index contributed by atoms with van der Waals surface area (Å²) in [4.78, 5) is 0. The Morgan fingerprint density at radius 3 is 2.69 bits per heavy atom. The highest BCUT2D eigenvalue weighted by atomic mass is 15.2. The van der Waals surface area contributed by atoms with Gasteiger partial charge in [-0.1, -0.05) is 20.8 Å². The summed E-state index contributed by atoms with van der Waals surface area (Å²) in [5.41, 5.74) is 1.20. The summed E-state index contributed by atoms with van der Waals surface area (Å²) in [6.45, 7) is 6.90. The molecular weight excluding hydrogens is 163 g/mol. The fourth-order valence-electron chi connectivity index (χ4n) is 0.938. The third kappa shape index (κ3) is 2.77. The Balaban J connectivity index is 2.64. The molecule has 0 aliphatic heterocycles. The minimum atomic E-state index is 0.100. The number of hydrogen-bond acceptors (Lipinski definition) is 3. The number of aromatic nitrogens is 2. The summed E-state index contributed by atoms with van der Waals surface area (Å²) in [6.07, 6.45) is 0. The van der Waals surface area contributed by atoms with E-state index in [4.69, 9.17) is 7.98 Å². The average Bonchev–Trinajstić information content (AvgIpc) is 2.47. The molecule has 0 aromatic carbocycles. The highest BCUT2D eigenvalue weighted by Crippen LogP contribution is 2.21. The fourth-order valence-corrected chi connectivity index (χ4v) is 0.938. The van der Waals surface area contributed by atoms with E-state index in [0.717, 1.165) is 11.5 Å². The largest absolute Gasteiger partial charge is 0.357 e. The summed E-state index contributed by atoms with van der Waals surface area (Å²) in [5.74, 6) is 0.808. The molecule has 0 spiro atoms. The lowest BCUT2D eigenvalue weighted by molar-refractivity contribution is 0.567. The molecule has 0 bridgehead atoms. The Labute approximate surface area is 79.9 Å². The van der Waals surface area contributed by atoms with Crippen LogP contribution in [0, 0.1) is 0 Å². The molecule has 0 aliphatic rings. The molecule has 5 heteroatoms. The van der Waals surface area contributed by atoms with Crippen molar-refractivity contribution in [2.45, 2.75) is 26.2 Å². The molecule has 70 valence electrons. The molecule has 1 rings (SSSR count). The van der Waals surface area contributed by atoms with Gasteiger partial charge in [0.1, 0.15) is 5.82 Å². The second-order valence-corrected chi connectivity index (χ2v) is 3.97.